The molecule has 0 fully saturated rings. The number of ether oxygens (including phenoxy) is 2. The molecule has 0 aliphatic rings. The molecule has 9 nitrogen and oxygen atoms in total. The number of aromatic hydroxyl groups is 2. The van der Waals surface area contributed by atoms with Crippen LogP contribution in [0.25, 0.3) is 0 Å². The molecular weight excluding hydrogens is 356 g/mol. The number of carbonyl (C=O) groups is 2. The number of rotatable bonds is 11. The molecule has 1 rings (SSSR count). The first-order valence-electron chi connectivity index (χ1n) is 8.75. The number of aromatic nitrogens is 1. The van der Waals surface area contributed by atoms with Crippen molar-refractivity contribution in [3.05, 3.63) is 12.1 Å². The molecule has 1 atom stereocenters. The molecule has 1 aromatic rings. The van der Waals surface area contributed by atoms with E-state index in [1.165, 1.54) is 12.1 Å². The van der Waals surface area contributed by atoms with Gasteiger partial charge in [-0.3, -0.25) is 4.79 Å². The minimum atomic E-state index is -0.690. The van der Waals surface area contributed by atoms with Crippen LogP contribution in [0.4, 0.5) is 0 Å². The van der Waals surface area contributed by atoms with Crippen LogP contribution < -0.4 is 4.84 Å². The molecule has 1 unspecified atom stereocenters. The molecule has 9 heteroatoms. The topological polar surface area (TPSA) is 110 Å². The Hall–Kier alpha value is -2.26. The molecule has 0 aliphatic carbocycles. The smallest absolute Gasteiger partial charge is 0.333 e. The summed E-state index contributed by atoms with van der Waals surface area (Å²) in [5.74, 6) is -2.26. The van der Waals surface area contributed by atoms with E-state index < -0.39 is 29.3 Å². The largest absolute Gasteiger partial charge is 0.492 e. The van der Waals surface area contributed by atoms with Crippen LogP contribution in [0.1, 0.15) is 33.6 Å². The molecule has 0 saturated heterocycles. The average Bonchev–Trinajstić information content (AvgIpc) is 2.84. The third-order valence-corrected chi connectivity index (χ3v) is 3.63. The molecule has 0 aromatic carbocycles. The van der Waals surface area contributed by atoms with Crippen LogP contribution in [0.2, 0.25) is 0 Å². The van der Waals surface area contributed by atoms with E-state index in [1.807, 2.05) is 32.8 Å². The third-order valence-electron chi connectivity index (χ3n) is 3.63. The molecule has 0 spiro atoms. The van der Waals surface area contributed by atoms with Crippen molar-refractivity contribution in [3.63, 3.8) is 0 Å². The van der Waals surface area contributed by atoms with E-state index in [4.69, 9.17) is 14.3 Å². The zero-order valence-electron chi connectivity index (χ0n) is 16.6. The van der Waals surface area contributed by atoms with Crippen molar-refractivity contribution in [2.45, 2.75) is 39.2 Å². The average molecular weight is 386 g/mol. The SMILES string of the molecule is CC(CC(=O)OCC(C)(C)OCCN(C)C)CC(=O)On1c(O)ccc1O. The Morgan fingerprint density at radius 2 is 1.70 bits per heavy atom. The van der Waals surface area contributed by atoms with Crippen LogP contribution in [0, 0.1) is 5.92 Å². The standard InChI is InChI=1S/C18H30N2O7/c1-13(11-17(24)27-20-14(21)6-7-15(20)22)10-16(23)25-12-18(2,3)26-9-8-19(4)5/h6-7,13,21-22H,8-12H2,1-5H3. The maximum Gasteiger partial charge on any atom is 0.333 e. The summed E-state index contributed by atoms with van der Waals surface area (Å²) in [6.45, 7) is 6.79. The van der Waals surface area contributed by atoms with Gasteiger partial charge in [-0.05, 0) is 33.9 Å². The lowest BCUT2D eigenvalue weighted by molar-refractivity contribution is -0.155. The Morgan fingerprint density at radius 3 is 2.26 bits per heavy atom. The fourth-order valence-corrected chi connectivity index (χ4v) is 2.14. The predicted octanol–water partition coefficient (Wildman–Crippen LogP) is 1.17. The van der Waals surface area contributed by atoms with E-state index in [9.17, 15) is 19.8 Å². The molecule has 2 N–H and O–H groups in total. The molecule has 27 heavy (non-hydrogen) atoms. The van der Waals surface area contributed by atoms with Gasteiger partial charge in [0, 0.05) is 25.1 Å². The van der Waals surface area contributed by atoms with E-state index in [0.717, 1.165) is 6.54 Å². The van der Waals surface area contributed by atoms with Crippen LogP contribution in [-0.2, 0) is 19.1 Å². The van der Waals surface area contributed by atoms with Gasteiger partial charge in [0.25, 0.3) is 0 Å². The van der Waals surface area contributed by atoms with Crippen molar-refractivity contribution >= 4 is 11.9 Å². The number of hydrogen-bond donors (Lipinski definition) is 2. The Labute approximate surface area is 159 Å². The Bertz CT molecular complexity index is 606. The van der Waals surface area contributed by atoms with Crippen molar-refractivity contribution in [3.8, 4) is 11.8 Å². The normalized spacial score (nSPS) is 12.8. The van der Waals surface area contributed by atoms with Gasteiger partial charge in [0.2, 0.25) is 11.8 Å². The highest BCUT2D eigenvalue weighted by molar-refractivity contribution is 5.73. The van der Waals surface area contributed by atoms with Crippen molar-refractivity contribution in [1.29, 1.82) is 0 Å². The quantitative estimate of drug-likeness (QED) is 0.545. The summed E-state index contributed by atoms with van der Waals surface area (Å²) in [4.78, 5) is 30.7. The van der Waals surface area contributed by atoms with Crippen LogP contribution in [0.15, 0.2) is 12.1 Å². The number of carbonyl (C=O) groups excluding carboxylic acids is 2. The lowest BCUT2D eigenvalue weighted by Gasteiger charge is -2.26. The van der Waals surface area contributed by atoms with E-state index >= 15 is 0 Å². The number of nitrogens with zero attached hydrogens (tertiary/aromatic N) is 2. The van der Waals surface area contributed by atoms with Gasteiger partial charge >= 0.3 is 11.9 Å². The predicted molar refractivity (Wildman–Crippen MR) is 97.3 cm³/mol. The molecule has 1 heterocycles. The highest BCUT2D eigenvalue weighted by Crippen LogP contribution is 2.19. The van der Waals surface area contributed by atoms with Gasteiger partial charge in [0.1, 0.15) is 6.61 Å². The third kappa shape index (κ3) is 8.78. The van der Waals surface area contributed by atoms with Crippen molar-refractivity contribution in [2.75, 3.05) is 33.9 Å². The summed E-state index contributed by atoms with van der Waals surface area (Å²) in [5.41, 5.74) is -0.600. The monoisotopic (exact) mass is 386 g/mol. The molecule has 0 amide bonds. The number of esters is 1. The number of likely N-dealkylation sites (N-methyl/N-ethyl adjacent to an activating group) is 1. The second kappa shape index (κ2) is 10.2. The van der Waals surface area contributed by atoms with E-state index in [-0.39, 0.29) is 25.4 Å². The van der Waals surface area contributed by atoms with Gasteiger partial charge in [-0.15, -0.1) is 4.73 Å². The minimum absolute atomic E-state index is 0.0342. The zero-order valence-corrected chi connectivity index (χ0v) is 16.6. The summed E-state index contributed by atoms with van der Waals surface area (Å²) in [6.07, 6.45) is -0.0403. The molecule has 0 radical (unpaired) electrons. The van der Waals surface area contributed by atoms with Gasteiger partial charge < -0.3 is 29.4 Å². The summed E-state index contributed by atoms with van der Waals surface area (Å²) in [7, 11) is 3.89. The van der Waals surface area contributed by atoms with Crippen LogP contribution >= 0.6 is 0 Å². The van der Waals surface area contributed by atoms with Crippen molar-refractivity contribution < 1.29 is 34.1 Å². The molecule has 0 saturated carbocycles. The minimum Gasteiger partial charge on any atom is -0.492 e. The van der Waals surface area contributed by atoms with E-state index in [2.05, 4.69) is 0 Å². The first-order valence-corrected chi connectivity index (χ1v) is 8.75. The van der Waals surface area contributed by atoms with E-state index in [0.29, 0.717) is 11.3 Å². The lowest BCUT2D eigenvalue weighted by atomic mass is 10.0. The van der Waals surface area contributed by atoms with Crippen LogP contribution in [0.5, 0.6) is 11.8 Å². The van der Waals surface area contributed by atoms with Crippen molar-refractivity contribution in [1.82, 2.24) is 9.63 Å². The summed E-state index contributed by atoms with van der Waals surface area (Å²) < 4.78 is 11.6. The highest BCUT2D eigenvalue weighted by Gasteiger charge is 2.23. The Balaban J connectivity index is 2.33. The van der Waals surface area contributed by atoms with Gasteiger partial charge in [-0.25, -0.2) is 4.79 Å². The Kier molecular flexibility index (Phi) is 8.58. The van der Waals surface area contributed by atoms with Crippen LogP contribution in [-0.4, -0.2) is 71.2 Å². The van der Waals surface area contributed by atoms with Gasteiger partial charge in [-0.2, -0.15) is 0 Å². The molecule has 0 bridgehead atoms. The lowest BCUT2D eigenvalue weighted by Crippen LogP contribution is -2.34. The fourth-order valence-electron chi connectivity index (χ4n) is 2.14. The molecule has 154 valence electrons. The second-order valence-corrected chi connectivity index (χ2v) is 7.39. The maximum atomic E-state index is 12.0. The molecule has 1 aromatic heterocycles. The highest BCUT2D eigenvalue weighted by atomic mass is 16.7. The first-order chi connectivity index (χ1) is 12.5. The number of hydrogen-bond acceptors (Lipinski definition) is 8. The fraction of sp³-hybridized carbons (Fsp3) is 0.667. The summed E-state index contributed by atoms with van der Waals surface area (Å²) >= 11 is 0. The summed E-state index contributed by atoms with van der Waals surface area (Å²) in [6, 6.07) is 2.37. The zero-order chi connectivity index (χ0) is 20.6. The Morgan fingerprint density at radius 1 is 1.15 bits per heavy atom. The summed E-state index contributed by atoms with van der Waals surface area (Å²) in [5, 5.41) is 18.9. The van der Waals surface area contributed by atoms with Crippen LogP contribution in [0.3, 0.4) is 0 Å². The van der Waals surface area contributed by atoms with E-state index in [1.54, 1.807) is 6.92 Å². The first kappa shape index (κ1) is 22.8. The molecule has 0 aliphatic heterocycles. The van der Waals surface area contributed by atoms with Gasteiger partial charge in [0.15, 0.2) is 0 Å². The second-order valence-electron chi connectivity index (χ2n) is 7.39. The van der Waals surface area contributed by atoms with Gasteiger partial charge in [0.05, 0.1) is 18.6 Å². The van der Waals surface area contributed by atoms with Crippen molar-refractivity contribution in [2.24, 2.45) is 5.92 Å². The maximum absolute atomic E-state index is 12.0. The van der Waals surface area contributed by atoms with Gasteiger partial charge in [-0.1, -0.05) is 6.92 Å². The molecular formula is C18H30N2O7.